The first-order chi connectivity index (χ1) is 15.7. The molecule has 156 valence electrons. The first kappa shape index (κ1) is 19.6. The van der Waals surface area contributed by atoms with Gasteiger partial charge in [0, 0.05) is 10.0 Å². The lowest BCUT2D eigenvalue weighted by molar-refractivity contribution is 0.585. The molecule has 1 aromatic heterocycles. The fourth-order valence-corrected chi connectivity index (χ4v) is 5.93. The molecular formula is C27H19BrN2OS. The summed E-state index contributed by atoms with van der Waals surface area (Å²) in [5, 5.41) is 0. The van der Waals surface area contributed by atoms with Gasteiger partial charge in [-0.3, -0.25) is 9.36 Å². The second-order valence-electron chi connectivity index (χ2n) is 8.08. The highest BCUT2D eigenvalue weighted by molar-refractivity contribution is 9.10. The van der Waals surface area contributed by atoms with Gasteiger partial charge in [-0.2, -0.15) is 0 Å². The largest absolute Gasteiger partial charge is 0.272 e. The summed E-state index contributed by atoms with van der Waals surface area (Å²) in [5.74, 6) is 0. The van der Waals surface area contributed by atoms with Crippen molar-refractivity contribution in [1.29, 1.82) is 0 Å². The molecule has 2 heterocycles. The van der Waals surface area contributed by atoms with E-state index in [4.69, 9.17) is 4.99 Å². The highest BCUT2D eigenvalue weighted by Crippen LogP contribution is 2.41. The van der Waals surface area contributed by atoms with Crippen molar-refractivity contribution < 1.29 is 0 Å². The summed E-state index contributed by atoms with van der Waals surface area (Å²) in [4.78, 5) is 19.5. The maximum Gasteiger partial charge on any atom is 0.271 e. The Hall–Kier alpha value is -3.02. The summed E-state index contributed by atoms with van der Waals surface area (Å²) in [6, 6.07) is 26.7. The number of fused-ring (bicyclic) bond motifs is 3. The number of aryl methyl sites for hydroxylation is 1. The van der Waals surface area contributed by atoms with Crippen LogP contribution in [-0.4, -0.2) is 4.57 Å². The maximum absolute atomic E-state index is 13.6. The number of benzene rings is 3. The van der Waals surface area contributed by atoms with E-state index in [0.717, 1.165) is 38.9 Å². The van der Waals surface area contributed by atoms with E-state index in [9.17, 15) is 4.79 Å². The average Bonchev–Trinajstić information content (AvgIpc) is 3.13. The third-order valence-corrected chi connectivity index (χ3v) is 7.67. The number of hydrogen-bond donors (Lipinski definition) is 0. The number of halogens is 1. The maximum atomic E-state index is 13.6. The quantitative estimate of drug-likeness (QED) is 0.379. The monoisotopic (exact) mass is 498 g/mol. The summed E-state index contributed by atoms with van der Waals surface area (Å²) in [5.41, 5.74) is 6.94. The molecule has 2 aliphatic rings. The first-order valence-electron chi connectivity index (χ1n) is 10.6. The van der Waals surface area contributed by atoms with Gasteiger partial charge in [0.25, 0.3) is 5.56 Å². The van der Waals surface area contributed by atoms with Crippen LogP contribution in [0.4, 0.5) is 0 Å². The fourth-order valence-electron chi connectivity index (χ4n) is 4.67. The molecule has 0 bridgehead atoms. The van der Waals surface area contributed by atoms with Crippen molar-refractivity contribution in [3.05, 3.63) is 131 Å². The van der Waals surface area contributed by atoms with Crippen LogP contribution in [0.2, 0.25) is 0 Å². The van der Waals surface area contributed by atoms with Crippen LogP contribution in [0.1, 0.15) is 34.7 Å². The van der Waals surface area contributed by atoms with Crippen LogP contribution in [0, 0.1) is 0 Å². The number of thiazole rings is 1. The molecule has 0 radical (unpaired) electrons. The minimum Gasteiger partial charge on any atom is -0.272 e. The smallest absolute Gasteiger partial charge is 0.271 e. The van der Waals surface area contributed by atoms with Crippen molar-refractivity contribution in [3.63, 3.8) is 0 Å². The van der Waals surface area contributed by atoms with Crippen molar-refractivity contribution in [3.8, 4) is 0 Å². The molecule has 3 nitrogen and oxygen atoms in total. The van der Waals surface area contributed by atoms with Gasteiger partial charge in [-0.15, -0.1) is 0 Å². The summed E-state index contributed by atoms with van der Waals surface area (Å²) in [6.07, 6.45) is 3.84. The zero-order valence-electron chi connectivity index (χ0n) is 17.2. The molecule has 32 heavy (non-hydrogen) atoms. The van der Waals surface area contributed by atoms with Crippen LogP contribution >= 0.6 is 27.3 Å². The van der Waals surface area contributed by atoms with Crippen molar-refractivity contribution in [2.45, 2.75) is 18.9 Å². The van der Waals surface area contributed by atoms with E-state index in [0.29, 0.717) is 4.53 Å². The van der Waals surface area contributed by atoms with Gasteiger partial charge in [0.2, 0.25) is 0 Å². The van der Waals surface area contributed by atoms with Gasteiger partial charge in [0.15, 0.2) is 4.80 Å². The lowest BCUT2D eigenvalue weighted by Crippen LogP contribution is -2.38. The third kappa shape index (κ3) is 3.24. The lowest BCUT2D eigenvalue weighted by Gasteiger charge is -2.30. The molecule has 1 unspecified atom stereocenters. The lowest BCUT2D eigenvalue weighted by atomic mass is 9.83. The van der Waals surface area contributed by atoms with E-state index in [-0.39, 0.29) is 11.6 Å². The SMILES string of the molecule is O=c1c(=Cc2ccccc2)sc2n1C(c1ccc(Br)cc1)C1=C(N=2)c2ccccc2CC1. The molecule has 0 amide bonds. The van der Waals surface area contributed by atoms with Crippen molar-refractivity contribution in [1.82, 2.24) is 4.57 Å². The predicted octanol–water partition coefficient (Wildman–Crippen LogP) is 5.08. The van der Waals surface area contributed by atoms with Crippen LogP contribution in [-0.2, 0) is 6.42 Å². The molecule has 3 aromatic carbocycles. The van der Waals surface area contributed by atoms with E-state index in [1.807, 2.05) is 53.1 Å². The molecule has 0 spiro atoms. The summed E-state index contributed by atoms with van der Waals surface area (Å²) in [7, 11) is 0. The van der Waals surface area contributed by atoms with Crippen LogP contribution in [0.15, 0.2) is 98.7 Å². The summed E-state index contributed by atoms with van der Waals surface area (Å²) < 4.78 is 3.64. The second-order valence-corrected chi connectivity index (χ2v) is 10.0. The van der Waals surface area contributed by atoms with Gasteiger partial charge < -0.3 is 0 Å². The Balaban J connectivity index is 1.64. The van der Waals surface area contributed by atoms with Gasteiger partial charge in [0.05, 0.1) is 16.3 Å². The number of aromatic nitrogens is 1. The Bertz CT molecular complexity index is 1550. The molecule has 1 atom stereocenters. The zero-order chi connectivity index (χ0) is 21.7. The van der Waals surface area contributed by atoms with Crippen LogP contribution in [0.25, 0.3) is 11.8 Å². The number of nitrogens with zero attached hydrogens (tertiary/aromatic N) is 2. The molecule has 0 N–H and O–H groups in total. The zero-order valence-corrected chi connectivity index (χ0v) is 19.6. The fraction of sp³-hybridized carbons (Fsp3) is 0.111. The normalized spacial score (nSPS) is 17.4. The Morgan fingerprint density at radius 2 is 1.69 bits per heavy atom. The summed E-state index contributed by atoms with van der Waals surface area (Å²) >= 11 is 5.02. The van der Waals surface area contributed by atoms with Crippen LogP contribution < -0.4 is 14.9 Å². The molecule has 4 aromatic rings. The predicted molar refractivity (Wildman–Crippen MR) is 133 cm³/mol. The van der Waals surface area contributed by atoms with Crippen LogP contribution in [0.5, 0.6) is 0 Å². The molecule has 6 rings (SSSR count). The standard InChI is InChI=1S/C27H19BrN2OS/c28-20-13-10-19(11-14-20)25-22-15-12-18-8-4-5-9-21(18)24(22)29-27-30(25)26(31)23(32-27)16-17-6-2-1-3-7-17/h1-11,13-14,16,25H,12,15H2. The first-order valence-corrected chi connectivity index (χ1v) is 12.2. The van der Waals surface area contributed by atoms with Gasteiger partial charge >= 0.3 is 0 Å². The van der Waals surface area contributed by atoms with Gasteiger partial charge in [-0.05, 0) is 53.3 Å². The number of hydrogen-bond acceptors (Lipinski definition) is 3. The van der Waals surface area contributed by atoms with Gasteiger partial charge in [-0.1, -0.05) is 94.0 Å². The Labute approximate surface area is 197 Å². The highest BCUT2D eigenvalue weighted by Gasteiger charge is 2.32. The van der Waals surface area contributed by atoms with E-state index in [1.165, 1.54) is 28.0 Å². The van der Waals surface area contributed by atoms with E-state index < -0.39 is 0 Å². The molecule has 0 fully saturated rings. The summed E-state index contributed by atoms with van der Waals surface area (Å²) in [6.45, 7) is 0. The van der Waals surface area contributed by atoms with Crippen LogP contribution in [0.3, 0.4) is 0 Å². The second kappa shape index (κ2) is 7.84. The molecule has 1 aliphatic carbocycles. The highest BCUT2D eigenvalue weighted by atomic mass is 79.9. The van der Waals surface area contributed by atoms with Crippen molar-refractivity contribution >= 4 is 39.0 Å². The number of allylic oxidation sites excluding steroid dienone is 1. The Kier molecular flexibility index (Phi) is 4.81. The third-order valence-electron chi connectivity index (χ3n) is 6.16. The van der Waals surface area contributed by atoms with Gasteiger partial charge in [-0.25, -0.2) is 4.99 Å². The number of rotatable bonds is 2. The molecule has 5 heteroatoms. The minimum atomic E-state index is -0.138. The van der Waals surface area contributed by atoms with E-state index in [1.54, 1.807) is 0 Å². The average molecular weight is 499 g/mol. The topological polar surface area (TPSA) is 34.4 Å². The Morgan fingerprint density at radius 3 is 2.50 bits per heavy atom. The molecule has 1 aliphatic heterocycles. The minimum absolute atomic E-state index is 0.0240. The van der Waals surface area contributed by atoms with Gasteiger partial charge in [0.1, 0.15) is 0 Å². The van der Waals surface area contributed by atoms with Crippen molar-refractivity contribution in [2.75, 3.05) is 0 Å². The van der Waals surface area contributed by atoms with E-state index >= 15 is 0 Å². The van der Waals surface area contributed by atoms with Crippen molar-refractivity contribution in [2.24, 2.45) is 4.99 Å². The molecule has 0 saturated heterocycles. The van der Waals surface area contributed by atoms with E-state index in [2.05, 4.69) is 52.3 Å². The Morgan fingerprint density at radius 1 is 0.938 bits per heavy atom. The molecule has 0 saturated carbocycles. The molecular weight excluding hydrogens is 480 g/mol.